The van der Waals surface area contributed by atoms with E-state index in [4.69, 9.17) is 9.47 Å². The molecule has 0 spiro atoms. The van der Waals surface area contributed by atoms with Crippen LogP contribution in [0.25, 0.3) is 0 Å². The molecule has 0 radical (unpaired) electrons. The maximum Gasteiger partial charge on any atom is 1.00 e. The molecule has 0 aromatic carbocycles. The standard InChI is InChI=1S/C6H12O6P2.2Na/c7-13(8)6(14(9)10)1-2-11-3-5-4-12-5;;/h5-6,13-14H,1-4H2;;/q-2;2*+1. The summed E-state index contributed by atoms with van der Waals surface area (Å²) in [5, 5.41) is -1.23. The zero-order valence-corrected chi connectivity index (χ0v) is 15.4. The SMILES string of the molecule is [Na+].[Na+].[O-][PH+]([O-])C(CCOCC1CO1)[PH+]([O-])[O-]. The molecule has 0 saturated carbocycles. The van der Waals surface area contributed by atoms with Crippen molar-refractivity contribution in [1.29, 1.82) is 0 Å². The van der Waals surface area contributed by atoms with Gasteiger partial charge in [0.25, 0.3) is 0 Å². The van der Waals surface area contributed by atoms with E-state index in [1.807, 2.05) is 0 Å². The Morgan fingerprint density at radius 1 is 1.19 bits per heavy atom. The molecule has 0 aromatic heterocycles. The van der Waals surface area contributed by atoms with Gasteiger partial charge in [-0.05, 0) is 0 Å². The molecule has 1 fully saturated rings. The molecule has 1 atom stereocenters. The summed E-state index contributed by atoms with van der Waals surface area (Å²) in [4.78, 5) is 42.0. The van der Waals surface area contributed by atoms with E-state index in [1.54, 1.807) is 0 Å². The number of hydrogen-bond donors (Lipinski definition) is 0. The van der Waals surface area contributed by atoms with Gasteiger partial charge in [0.2, 0.25) is 0 Å². The second kappa shape index (κ2) is 11.4. The van der Waals surface area contributed by atoms with E-state index in [0.717, 1.165) is 0 Å². The van der Waals surface area contributed by atoms with E-state index in [-0.39, 0.29) is 78.2 Å². The Balaban J connectivity index is 0. The van der Waals surface area contributed by atoms with Gasteiger partial charge in [0.1, 0.15) is 11.5 Å². The summed E-state index contributed by atoms with van der Waals surface area (Å²) in [5.74, 6) is 0. The molecule has 0 amide bonds. The fourth-order valence-corrected chi connectivity index (χ4v) is 2.39. The van der Waals surface area contributed by atoms with Gasteiger partial charge >= 0.3 is 59.1 Å². The van der Waals surface area contributed by atoms with Gasteiger partial charge < -0.3 is 29.0 Å². The van der Waals surface area contributed by atoms with Crippen molar-refractivity contribution in [3.05, 3.63) is 0 Å². The summed E-state index contributed by atoms with van der Waals surface area (Å²) in [7, 11) is -6.50. The van der Waals surface area contributed by atoms with E-state index in [9.17, 15) is 19.6 Å². The van der Waals surface area contributed by atoms with Crippen molar-refractivity contribution in [2.45, 2.75) is 17.9 Å². The molecular formula is C6H12Na2O6P2. The maximum absolute atomic E-state index is 10.5. The van der Waals surface area contributed by atoms with Crippen LogP contribution < -0.4 is 78.7 Å². The van der Waals surface area contributed by atoms with Gasteiger partial charge in [0.05, 0.1) is 19.8 Å². The zero-order valence-electron chi connectivity index (χ0n) is 9.43. The Labute approximate surface area is 141 Å². The first-order chi connectivity index (χ1) is 6.61. The Morgan fingerprint density at radius 3 is 2.06 bits per heavy atom. The van der Waals surface area contributed by atoms with Gasteiger partial charge in [-0.3, -0.25) is 0 Å². The van der Waals surface area contributed by atoms with Crippen LogP contribution in [0.5, 0.6) is 0 Å². The van der Waals surface area contributed by atoms with Crippen LogP contribution in [-0.2, 0) is 9.47 Å². The normalized spacial score (nSPS) is 18.6. The van der Waals surface area contributed by atoms with E-state index < -0.39 is 22.2 Å². The monoisotopic (exact) mass is 288 g/mol. The van der Waals surface area contributed by atoms with Crippen LogP contribution in [0.1, 0.15) is 6.42 Å². The minimum absolute atomic E-state index is 0. The molecule has 0 bridgehead atoms. The van der Waals surface area contributed by atoms with Crippen molar-refractivity contribution in [3.8, 4) is 0 Å². The number of epoxide rings is 1. The average Bonchev–Trinajstić information content (AvgIpc) is 2.86. The van der Waals surface area contributed by atoms with Crippen molar-refractivity contribution in [2.24, 2.45) is 0 Å². The molecule has 1 heterocycles. The Kier molecular flexibility index (Phi) is 15.0. The molecule has 1 aliphatic rings. The first kappa shape index (κ1) is 20.9. The molecular weight excluding hydrogens is 276 g/mol. The van der Waals surface area contributed by atoms with Gasteiger partial charge in [0, 0.05) is 6.42 Å². The first-order valence-electron chi connectivity index (χ1n) is 4.22. The topological polar surface area (TPSA) is 114 Å². The third-order valence-electron chi connectivity index (χ3n) is 1.83. The summed E-state index contributed by atoms with van der Waals surface area (Å²) in [6, 6.07) is 0. The van der Waals surface area contributed by atoms with E-state index in [1.165, 1.54) is 0 Å². The molecule has 0 aliphatic carbocycles. The van der Waals surface area contributed by atoms with Gasteiger partial charge in [-0.15, -0.1) is 0 Å². The molecule has 1 rings (SSSR count). The number of rotatable bonds is 7. The molecule has 84 valence electrons. The molecule has 16 heavy (non-hydrogen) atoms. The molecule has 10 heteroatoms. The molecule has 1 saturated heterocycles. The molecule has 1 aliphatic heterocycles. The molecule has 0 aromatic rings. The molecule has 6 nitrogen and oxygen atoms in total. The molecule has 1 unspecified atom stereocenters. The summed E-state index contributed by atoms with van der Waals surface area (Å²) in [6.45, 7) is 1.22. The van der Waals surface area contributed by atoms with Crippen molar-refractivity contribution < 1.29 is 88.2 Å². The second-order valence-corrected chi connectivity index (χ2v) is 6.26. The molecule has 0 N–H and O–H groups in total. The average molecular weight is 288 g/mol. The van der Waals surface area contributed by atoms with Crippen LogP contribution in [0, 0.1) is 0 Å². The van der Waals surface area contributed by atoms with Crippen LogP contribution in [0.4, 0.5) is 0 Å². The predicted octanol–water partition coefficient (Wildman–Crippen LogP) is -9.34. The van der Waals surface area contributed by atoms with Crippen molar-refractivity contribution in [2.75, 3.05) is 19.8 Å². The van der Waals surface area contributed by atoms with Crippen molar-refractivity contribution >= 4 is 16.8 Å². The van der Waals surface area contributed by atoms with Gasteiger partial charge in [-0.1, -0.05) is 16.8 Å². The van der Waals surface area contributed by atoms with E-state index in [0.29, 0.717) is 13.2 Å². The quantitative estimate of drug-likeness (QED) is 0.199. The Morgan fingerprint density at radius 2 is 1.69 bits per heavy atom. The van der Waals surface area contributed by atoms with Gasteiger partial charge in [-0.2, -0.15) is 0 Å². The van der Waals surface area contributed by atoms with Crippen molar-refractivity contribution in [3.63, 3.8) is 0 Å². The van der Waals surface area contributed by atoms with Crippen LogP contribution in [0.15, 0.2) is 0 Å². The first-order valence-corrected chi connectivity index (χ1v) is 7.01. The smallest absolute Gasteiger partial charge is 0.682 e. The third-order valence-corrected chi connectivity index (χ3v) is 4.96. The van der Waals surface area contributed by atoms with E-state index in [2.05, 4.69) is 0 Å². The van der Waals surface area contributed by atoms with Crippen molar-refractivity contribution in [1.82, 2.24) is 0 Å². The van der Waals surface area contributed by atoms with Crippen LogP contribution in [-0.4, -0.2) is 31.3 Å². The third kappa shape index (κ3) is 9.54. The fourth-order valence-electron chi connectivity index (χ4n) is 0.912. The second-order valence-electron chi connectivity index (χ2n) is 3.01. The summed E-state index contributed by atoms with van der Waals surface area (Å²) >= 11 is 0. The summed E-state index contributed by atoms with van der Waals surface area (Å²) in [6.07, 6.45) is 0.136. The van der Waals surface area contributed by atoms with Gasteiger partial charge in [0.15, 0.2) is 0 Å². The summed E-state index contributed by atoms with van der Waals surface area (Å²) < 4.78 is 9.89. The van der Waals surface area contributed by atoms with Crippen LogP contribution in [0.3, 0.4) is 0 Å². The predicted molar refractivity (Wildman–Crippen MR) is 45.6 cm³/mol. The van der Waals surface area contributed by atoms with Crippen LogP contribution in [0.2, 0.25) is 0 Å². The number of ether oxygens (including phenoxy) is 2. The minimum atomic E-state index is -3.25. The van der Waals surface area contributed by atoms with Gasteiger partial charge in [-0.25, -0.2) is 0 Å². The summed E-state index contributed by atoms with van der Waals surface area (Å²) in [5.41, 5.74) is 0. The number of hydrogen-bond acceptors (Lipinski definition) is 6. The largest absolute Gasteiger partial charge is 1.00 e. The Bertz CT molecular complexity index is 163. The maximum atomic E-state index is 10.5. The fraction of sp³-hybridized carbons (Fsp3) is 1.00. The zero-order chi connectivity index (χ0) is 10.6. The Hall–Kier alpha value is 2.62. The minimum Gasteiger partial charge on any atom is -0.682 e. The van der Waals surface area contributed by atoms with Crippen LogP contribution >= 0.6 is 16.8 Å². The van der Waals surface area contributed by atoms with E-state index >= 15 is 0 Å².